The summed E-state index contributed by atoms with van der Waals surface area (Å²) in [5.74, 6) is -0.367. The number of pyridine rings is 1. The summed E-state index contributed by atoms with van der Waals surface area (Å²) in [5.41, 5.74) is 1.87. The molecule has 0 aliphatic carbocycles. The second-order valence-electron chi connectivity index (χ2n) is 6.62. The molecule has 0 radical (unpaired) electrons. The fourth-order valence-electron chi connectivity index (χ4n) is 3.05. The smallest absolute Gasteiger partial charge is 0.293 e. The van der Waals surface area contributed by atoms with Crippen LogP contribution in [0.15, 0.2) is 66.9 Å². The number of anilines is 1. The number of amides is 1. The van der Waals surface area contributed by atoms with Gasteiger partial charge in [0.25, 0.3) is 11.6 Å². The molecule has 2 aromatic carbocycles. The number of halogens is 1. The van der Waals surface area contributed by atoms with E-state index >= 15 is 0 Å². The molecule has 8 heteroatoms. The summed E-state index contributed by atoms with van der Waals surface area (Å²) in [6.07, 6.45) is 2.30. The zero-order chi connectivity index (χ0) is 21.5. The fraction of sp³-hybridized carbons (Fsp3) is 0.182. The first-order valence-electron chi connectivity index (χ1n) is 9.47. The molecule has 0 bridgehead atoms. The zero-order valence-electron chi connectivity index (χ0n) is 16.3. The van der Waals surface area contributed by atoms with E-state index in [9.17, 15) is 14.9 Å². The van der Waals surface area contributed by atoms with Crippen molar-refractivity contribution in [3.63, 3.8) is 0 Å². The molecule has 0 saturated heterocycles. The second kappa shape index (κ2) is 9.84. The van der Waals surface area contributed by atoms with Crippen LogP contribution in [0, 0.1) is 10.1 Å². The normalized spacial score (nSPS) is 11.5. The number of hydrogen-bond acceptors (Lipinski definition) is 5. The van der Waals surface area contributed by atoms with Gasteiger partial charge >= 0.3 is 0 Å². The van der Waals surface area contributed by atoms with E-state index in [1.807, 2.05) is 37.3 Å². The van der Waals surface area contributed by atoms with Crippen molar-refractivity contribution in [2.45, 2.75) is 25.9 Å². The molecule has 7 nitrogen and oxygen atoms in total. The van der Waals surface area contributed by atoms with E-state index in [0.717, 1.165) is 5.56 Å². The third-order valence-electron chi connectivity index (χ3n) is 4.65. The molecule has 1 amide bonds. The van der Waals surface area contributed by atoms with Gasteiger partial charge in [0.15, 0.2) is 0 Å². The molecular weight excluding hydrogens is 404 g/mol. The molecule has 0 saturated carbocycles. The molecule has 3 rings (SSSR count). The van der Waals surface area contributed by atoms with Gasteiger partial charge in [-0.05, 0) is 36.2 Å². The maximum Gasteiger partial charge on any atom is 0.293 e. The van der Waals surface area contributed by atoms with Crippen LogP contribution in [0.25, 0.3) is 0 Å². The van der Waals surface area contributed by atoms with E-state index < -0.39 is 4.92 Å². The quantitative estimate of drug-likeness (QED) is 0.385. The average Bonchev–Trinajstić information content (AvgIpc) is 2.77. The molecule has 154 valence electrons. The number of nitrogens with zero attached hydrogens (tertiary/aromatic N) is 2. The lowest BCUT2D eigenvalue weighted by Gasteiger charge is -2.17. The molecule has 0 aliphatic rings. The first-order chi connectivity index (χ1) is 14.5. The summed E-state index contributed by atoms with van der Waals surface area (Å²) >= 11 is 6.08. The summed E-state index contributed by atoms with van der Waals surface area (Å²) in [5, 5.41) is 18.0. The number of aromatic nitrogens is 1. The van der Waals surface area contributed by atoms with Gasteiger partial charge < -0.3 is 10.6 Å². The monoisotopic (exact) mass is 424 g/mol. The van der Waals surface area contributed by atoms with Crippen molar-refractivity contribution in [3.05, 3.63) is 98.8 Å². The molecule has 30 heavy (non-hydrogen) atoms. The summed E-state index contributed by atoms with van der Waals surface area (Å²) < 4.78 is 0. The Morgan fingerprint density at radius 2 is 1.93 bits per heavy atom. The SMILES string of the molecule is CC[C@@H](NC(=O)c1ccc(NCc2ncccc2Cl)c([N+](=O)[O-])c1)c1ccccc1. The summed E-state index contributed by atoms with van der Waals surface area (Å²) in [4.78, 5) is 27.9. The highest BCUT2D eigenvalue weighted by Crippen LogP contribution is 2.27. The third kappa shape index (κ3) is 5.12. The highest BCUT2D eigenvalue weighted by molar-refractivity contribution is 6.31. The Labute approximate surface area is 179 Å². The first-order valence-corrected chi connectivity index (χ1v) is 9.85. The van der Waals surface area contributed by atoms with Crippen LogP contribution in [0.1, 0.15) is 41.0 Å². The third-order valence-corrected chi connectivity index (χ3v) is 5.00. The molecule has 1 aromatic heterocycles. The van der Waals surface area contributed by atoms with Crippen LogP contribution in [-0.4, -0.2) is 15.8 Å². The lowest BCUT2D eigenvalue weighted by Crippen LogP contribution is -2.28. The van der Waals surface area contributed by atoms with Crippen LogP contribution in [0.2, 0.25) is 5.02 Å². The topological polar surface area (TPSA) is 97.2 Å². The van der Waals surface area contributed by atoms with Gasteiger partial charge in [-0.25, -0.2) is 0 Å². The number of rotatable bonds is 8. The summed E-state index contributed by atoms with van der Waals surface area (Å²) in [6.45, 7) is 2.19. The highest BCUT2D eigenvalue weighted by atomic mass is 35.5. The number of nitrogens with one attached hydrogen (secondary N) is 2. The van der Waals surface area contributed by atoms with Crippen molar-refractivity contribution in [2.75, 3.05) is 5.32 Å². The number of nitro benzene ring substituents is 1. The molecule has 0 spiro atoms. The maximum atomic E-state index is 12.7. The maximum absolute atomic E-state index is 12.7. The van der Waals surface area contributed by atoms with Crippen molar-refractivity contribution in [3.8, 4) is 0 Å². The standard InChI is InChI=1S/C22H21ClN4O3/c1-2-18(15-7-4-3-5-8-15)26-22(28)16-10-11-19(21(13-16)27(29)30)25-14-20-17(23)9-6-12-24-20/h3-13,18,25H,2,14H2,1H3,(H,26,28)/t18-/m1/s1. The number of carbonyl (C=O) groups is 1. The summed E-state index contributed by atoms with van der Waals surface area (Å²) in [6, 6.07) is 17.2. The van der Waals surface area contributed by atoms with E-state index in [0.29, 0.717) is 17.1 Å². The number of benzene rings is 2. The molecule has 3 aromatic rings. The number of nitro groups is 1. The van der Waals surface area contributed by atoms with E-state index in [4.69, 9.17) is 11.6 Å². The van der Waals surface area contributed by atoms with Gasteiger partial charge in [0, 0.05) is 17.8 Å². The van der Waals surface area contributed by atoms with E-state index in [2.05, 4.69) is 15.6 Å². The molecular formula is C22H21ClN4O3. The lowest BCUT2D eigenvalue weighted by atomic mass is 10.0. The molecule has 1 heterocycles. The zero-order valence-corrected chi connectivity index (χ0v) is 17.1. The number of hydrogen-bond donors (Lipinski definition) is 2. The van der Waals surface area contributed by atoms with Crippen molar-refractivity contribution in [1.29, 1.82) is 0 Å². The van der Waals surface area contributed by atoms with Crippen molar-refractivity contribution >= 4 is 28.9 Å². The fourth-order valence-corrected chi connectivity index (χ4v) is 3.24. The largest absolute Gasteiger partial charge is 0.374 e. The minimum Gasteiger partial charge on any atom is -0.374 e. The van der Waals surface area contributed by atoms with Gasteiger partial charge in [0.2, 0.25) is 0 Å². The Morgan fingerprint density at radius 3 is 2.60 bits per heavy atom. The summed E-state index contributed by atoms with van der Waals surface area (Å²) in [7, 11) is 0. The van der Waals surface area contributed by atoms with E-state index in [-0.39, 0.29) is 35.4 Å². The van der Waals surface area contributed by atoms with Crippen molar-refractivity contribution in [1.82, 2.24) is 10.3 Å². The van der Waals surface area contributed by atoms with Crippen molar-refractivity contribution < 1.29 is 9.72 Å². The van der Waals surface area contributed by atoms with E-state index in [1.54, 1.807) is 24.4 Å². The van der Waals surface area contributed by atoms with Gasteiger partial charge in [0.05, 0.1) is 28.2 Å². The molecule has 1 atom stereocenters. The van der Waals surface area contributed by atoms with Crippen LogP contribution in [0.4, 0.5) is 11.4 Å². The van der Waals surface area contributed by atoms with Gasteiger partial charge in [-0.15, -0.1) is 0 Å². The Kier molecular flexibility index (Phi) is 6.98. The molecule has 0 fully saturated rings. The molecule has 0 aliphatic heterocycles. The minimum atomic E-state index is -0.520. The predicted molar refractivity (Wildman–Crippen MR) is 117 cm³/mol. The van der Waals surface area contributed by atoms with Crippen molar-refractivity contribution in [2.24, 2.45) is 0 Å². The van der Waals surface area contributed by atoms with Crippen LogP contribution >= 0.6 is 11.6 Å². The number of carbonyl (C=O) groups excluding carboxylic acids is 1. The Hall–Kier alpha value is -3.45. The van der Waals surface area contributed by atoms with Crippen LogP contribution in [0.5, 0.6) is 0 Å². The van der Waals surface area contributed by atoms with E-state index in [1.165, 1.54) is 12.1 Å². The predicted octanol–water partition coefficient (Wildman–Crippen LogP) is 5.14. The average molecular weight is 425 g/mol. The van der Waals surface area contributed by atoms with Crippen LogP contribution < -0.4 is 10.6 Å². The lowest BCUT2D eigenvalue weighted by molar-refractivity contribution is -0.384. The molecule has 0 unspecified atom stereocenters. The van der Waals surface area contributed by atoms with Gasteiger partial charge in [-0.2, -0.15) is 0 Å². The van der Waals surface area contributed by atoms with Gasteiger partial charge in [0.1, 0.15) is 5.69 Å². The minimum absolute atomic E-state index is 0.179. The Morgan fingerprint density at radius 1 is 1.17 bits per heavy atom. The van der Waals surface area contributed by atoms with Crippen LogP contribution in [0.3, 0.4) is 0 Å². The molecule has 2 N–H and O–H groups in total. The van der Waals surface area contributed by atoms with Crippen LogP contribution in [-0.2, 0) is 6.54 Å². The second-order valence-corrected chi connectivity index (χ2v) is 7.03. The Balaban J connectivity index is 1.77. The van der Waals surface area contributed by atoms with Gasteiger partial charge in [-0.1, -0.05) is 48.9 Å². The van der Waals surface area contributed by atoms with Gasteiger partial charge in [-0.3, -0.25) is 19.9 Å². The highest BCUT2D eigenvalue weighted by Gasteiger charge is 2.20. The Bertz CT molecular complexity index is 1040. The first kappa shape index (κ1) is 21.3.